The molecule has 5 heteroatoms. The number of nitrogens with zero attached hydrogens (tertiary/aromatic N) is 2. The molecule has 2 heterocycles. The van der Waals surface area contributed by atoms with Gasteiger partial charge < -0.3 is 20.5 Å². The minimum atomic E-state index is 0.0294. The van der Waals surface area contributed by atoms with Crippen LogP contribution in [0.25, 0.3) is 0 Å². The van der Waals surface area contributed by atoms with Gasteiger partial charge in [0.2, 0.25) is 0 Å². The van der Waals surface area contributed by atoms with Crippen LogP contribution < -0.4 is 10.6 Å². The zero-order valence-corrected chi connectivity index (χ0v) is 9.17. The van der Waals surface area contributed by atoms with Crippen LogP contribution in [0.3, 0.4) is 0 Å². The summed E-state index contributed by atoms with van der Waals surface area (Å²) in [5.41, 5.74) is 7.48. The van der Waals surface area contributed by atoms with Gasteiger partial charge in [0.25, 0.3) is 0 Å². The van der Waals surface area contributed by atoms with Crippen molar-refractivity contribution in [3.63, 3.8) is 0 Å². The largest absolute Gasteiger partial charge is 0.394 e. The molecule has 0 bridgehead atoms. The van der Waals surface area contributed by atoms with E-state index in [4.69, 9.17) is 10.5 Å². The van der Waals surface area contributed by atoms with Crippen LogP contribution in [0.2, 0.25) is 0 Å². The first-order valence-corrected chi connectivity index (χ1v) is 5.45. The number of aliphatic hydroxyl groups is 1. The number of anilines is 1. The summed E-state index contributed by atoms with van der Waals surface area (Å²) in [4.78, 5) is 6.30. The maximum Gasteiger partial charge on any atom is 0.0755 e. The maximum atomic E-state index is 9.29. The van der Waals surface area contributed by atoms with E-state index in [-0.39, 0.29) is 12.6 Å². The average molecular weight is 223 g/mol. The summed E-state index contributed by atoms with van der Waals surface area (Å²) in [5, 5.41) is 9.29. The van der Waals surface area contributed by atoms with Gasteiger partial charge in [-0.05, 0) is 12.1 Å². The highest BCUT2D eigenvalue weighted by Crippen LogP contribution is 2.19. The lowest BCUT2D eigenvalue weighted by Gasteiger charge is -2.36. The van der Waals surface area contributed by atoms with Crippen molar-refractivity contribution in [1.82, 2.24) is 4.98 Å². The maximum absolute atomic E-state index is 9.29. The van der Waals surface area contributed by atoms with Gasteiger partial charge in [-0.15, -0.1) is 0 Å². The smallest absolute Gasteiger partial charge is 0.0755 e. The summed E-state index contributed by atoms with van der Waals surface area (Å²) < 4.78 is 5.34. The van der Waals surface area contributed by atoms with Crippen LogP contribution >= 0.6 is 0 Å². The molecule has 1 aromatic rings. The summed E-state index contributed by atoms with van der Waals surface area (Å²) in [6.45, 7) is 2.58. The van der Waals surface area contributed by atoms with E-state index in [2.05, 4.69) is 9.88 Å². The van der Waals surface area contributed by atoms with Gasteiger partial charge >= 0.3 is 0 Å². The highest BCUT2D eigenvalue weighted by Gasteiger charge is 2.22. The predicted molar refractivity (Wildman–Crippen MR) is 61.2 cm³/mol. The summed E-state index contributed by atoms with van der Waals surface area (Å²) in [7, 11) is 0. The SMILES string of the molecule is NCc1cc(N2CCOCC2CO)ccn1. The Balaban J connectivity index is 2.20. The van der Waals surface area contributed by atoms with Gasteiger partial charge in [0.15, 0.2) is 0 Å². The summed E-state index contributed by atoms with van der Waals surface area (Å²) >= 11 is 0. The van der Waals surface area contributed by atoms with Gasteiger partial charge in [0, 0.05) is 25.0 Å². The summed E-state index contributed by atoms with van der Waals surface area (Å²) in [5.74, 6) is 0. The third-order valence-electron chi connectivity index (χ3n) is 2.78. The van der Waals surface area contributed by atoms with Crippen molar-refractivity contribution in [1.29, 1.82) is 0 Å². The average Bonchev–Trinajstić information content (AvgIpc) is 2.38. The molecule has 16 heavy (non-hydrogen) atoms. The first-order chi connectivity index (χ1) is 7.85. The number of nitrogens with two attached hydrogens (primary N) is 1. The van der Waals surface area contributed by atoms with Crippen LogP contribution in [0.5, 0.6) is 0 Å². The van der Waals surface area contributed by atoms with Gasteiger partial charge in [-0.25, -0.2) is 0 Å². The first kappa shape index (κ1) is 11.3. The fraction of sp³-hybridized carbons (Fsp3) is 0.545. The Bertz CT molecular complexity index is 346. The Morgan fingerprint density at radius 3 is 3.25 bits per heavy atom. The van der Waals surface area contributed by atoms with Gasteiger partial charge in [0.05, 0.1) is 31.6 Å². The number of hydrogen-bond acceptors (Lipinski definition) is 5. The molecule has 5 nitrogen and oxygen atoms in total. The standard InChI is InChI=1S/C11H17N3O2/c12-6-9-5-10(1-2-13-9)14-3-4-16-8-11(14)7-15/h1-2,5,11,15H,3-4,6-8,12H2. The minimum absolute atomic E-state index is 0.0294. The van der Waals surface area contributed by atoms with Crippen LogP contribution in [-0.4, -0.2) is 42.5 Å². The highest BCUT2D eigenvalue weighted by atomic mass is 16.5. The molecule has 3 N–H and O–H groups in total. The lowest BCUT2D eigenvalue weighted by molar-refractivity contribution is 0.0727. The quantitative estimate of drug-likeness (QED) is 0.738. The number of ether oxygens (including phenoxy) is 1. The molecular weight excluding hydrogens is 206 g/mol. The summed E-state index contributed by atoms with van der Waals surface area (Å²) in [6.07, 6.45) is 1.75. The number of morpholine rings is 1. The molecule has 88 valence electrons. The molecule has 0 aliphatic carbocycles. The van der Waals surface area contributed by atoms with Gasteiger partial charge in [-0.3, -0.25) is 4.98 Å². The molecule has 0 radical (unpaired) electrons. The van der Waals surface area contributed by atoms with Gasteiger partial charge in [0.1, 0.15) is 0 Å². The normalized spacial score (nSPS) is 21.1. The molecule has 2 rings (SSSR count). The van der Waals surface area contributed by atoms with Crippen LogP contribution in [-0.2, 0) is 11.3 Å². The van der Waals surface area contributed by atoms with Crippen LogP contribution in [0, 0.1) is 0 Å². The van der Waals surface area contributed by atoms with Crippen LogP contribution in [0.15, 0.2) is 18.3 Å². The number of aromatic nitrogens is 1. The van der Waals surface area contributed by atoms with Crippen molar-refractivity contribution < 1.29 is 9.84 Å². The second-order valence-corrected chi connectivity index (χ2v) is 3.81. The van der Waals surface area contributed by atoms with Crippen molar-refractivity contribution in [2.24, 2.45) is 5.73 Å². The Labute approximate surface area is 94.8 Å². The third kappa shape index (κ3) is 2.32. The van der Waals surface area contributed by atoms with Crippen molar-refractivity contribution >= 4 is 5.69 Å². The number of rotatable bonds is 3. The fourth-order valence-corrected chi connectivity index (χ4v) is 1.90. The number of pyridine rings is 1. The molecule has 1 atom stereocenters. The van der Waals surface area contributed by atoms with E-state index in [9.17, 15) is 5.11 Å². The molecule has 1 aromatic heterocycles. The number of hydrogen-bond donors (Lipinski definition) is 2. The molecule has 1 unspecified atom stereocenters. The monoisotopic (exact) mass is 223 g/mol. The van der Waals surface area contributed by atoms with E-state index in [1.54, 1.807) is 6.20 Å². The molecular formula is C11H17N3O2. The van der Waals surface area contributed by atoms with E-state index in [0.717, 1.165) is 17.9 Å². The Morgan fingerprint density at radius 1 is 1.62 bits per heavy atom. The third-order valence-corrected chi connectivity index (χ3v) is 2.78. The van der Waals surface area contributed by atoms with Crippen LogP contribution in [0.1, 0.15) is 5.69 Å². The van der Waals surface area contributed by atoms with E-state index in [1.807, 2.05) is 12.1 Å². The highest BCUT2D eigenvalue weighted by molar-refractivity contribution is 5.48. The Hall–Kier alpha value is -1.17. The number of aliphatic hydroxyl groups excluding tert-OH is 1. The Kier molecular flexibility index (Phi) is 3.71. The second-order valence-electron chi connectivity index (χ2n) is 3.81. The van der Waals surface area contributed by atoms with Crippen LogP contribution in [0.4, 0.5) is 5.69 Å². The van der Waals surface area contributed by atoms with Crippen molar-refractivity contribution in [2.45, 2.75) is 12.6 Å². The molecule has 0 aromatic carbocycles. The van der Waals surface area contributed by atoms with Crippen molar-refractivity contribution in [3.05, 3.63) is 24.0 Å². The topological polar surface area (TPSA) is 71.6 Å². The molecule has 1 saturated heterocycles. The van der Waals surface area contributed by atoms with Crippen molar-refractivity contribution in [2.75, 3.05) is 31.3 Å². The zero-order chi connectivity index (χ0) is 11.4. The molecule has 1 aliphatic rings. The van der Waals surface area contributed by atoms with E-state index in [0.29, 0.717) is 19.8 Å². The first-order valence-electron chi connectivity index (χ1n) is 5.45. The van der Waals surface area contributed by atoms with E-state index >= 15 is 0 Å². The molecule has 0 spiro atoms. The molecule has 0 amide bonds. The lowest BCUT2D eigenvalue weighted by Crippen LogP contribution is -2.47. The molecule has 1 aliphatic heterocycles. The molecule has 0 saturated carbocycles. The van der Waals surface area contributed by atoms with Gasteiger partial charge in [-0.1, -0.05) is 0 Å². The van der Waals surface area contributed by atoms with E-state index < -0.39 is 0 Å². The molecule has 1 fully saturated rings. The fourth-order valence-electron chi connectivity index (χ4n) is 1.90. The second kappa shape index (κ2) is 5.25. The zero-order valence-electron chi connectivity index (χ0n) is 9.17. The lowest BCUT2D eigenvalue weighted by atomic mass is 10.2. The van der Waals surface area contributed by atoms with Crippen molar-refractivity contribution in [3.8, 4) is 0 Å². The Morgan fingerprint density at radius 2 is 2.50 bits per heavy atom. The predicted octanol–water partition coefficient (Wildman–Crippen LogP) is -0.262. The minimum Gasteiger partial charge on any atom is -0.394 e. The van der Waals surface area contributed by atoms with E-state index in [1.165, 1.54) is 0 Å². The summed E-state index contributed by atoms with van der Waals surface area (Å²) in [6, 6.07) is 3.93. The van der Waals surface area contributed by atoms with Gasteiger partial charge in [-0.2, -0.15) is 0 Å².